The fourth-order valence-corrected chi connectivity index (χ4v) is 1.77. The van der Waals surface area contributed by atoms with Crippen molar-refractivity contribution < 1.29 is 9.26 Å². The smallest absolute Gasteiger partial charge is 0.213 e. The number of aryl methyl sites for hydroxylation is 1. The summed E-state index contributed by atoms with van der Waals surface area (Å²) < 4.78 is 10.00. The highest BCUT2D eigenvalue weighted by atomic mass is 16.5. The van der Waals surface area contributed by atoms with Gasteiger partial charge in [-0.25, -0.2) is 0 Å². The molecule has 2 rings (SSSR count). The van der Waals surface area contributed by atoms with Gasteiger partial charge in [-0.05, 0) is 13.0 Å². The minimum absolute atomic E-state index is 0.721. The number of methoxy groups -OCH3 is 1. The molecular formula is C13H17N3O2. The maximum atomic E-state index is 5.32. The van der Waals surface area contributed by atoms with Crippen molar-refractivity contribution in [2.75, 3.05) is 13.7 Å². The van der Waals surface area contributed by atoms with E-state index in [1.807, 2.05) is 12.1 Å². The lowest BCUT2D eigenvalue weighted by atomic mass is 10.1. The van der Waals surface area contributed by atoms with Crippen molar-refractivity contribution in [2.24, 2.45) is 0 Å². The van der Waals surface area contributed by atoms with Crippen LogP contribution in [0.3, 0.4) is 0 Å². The highest BCUT2D eigenvalue weighted by Crippen LogP contribution is 2.19. The molecule has 0 bridgehead atoms. The second-order valence-electron chi connectivity index (χ2n) is 4.09. The zero-order valence-corrected chi connectivity index (χ0v) is 10.6. The zero-order chi connectivity index (χ0) is 12.8. The molecule has 0 radical (unpaired) electrons. The highest BCUT2D eigenvalue weighted by Gasteiger charge is 2.03. The van der Waals surface area contributed by atoms with Crippen LogP contribution < -0.4 is 10.1 Å². The predicted octanol–water partition coefficient (Wildman–Crippen LogP) is 1.72. The maximum absolute atomic E-state index is 5.32. The summed E-state index contributed by atoms with van der Waals surface area (Å²) in [5, 5.41) is 7.10. The van der Waals surface area contributed by atoms with Crippen molar-refractivity contribution in [2.45, 2.75) is 19.9 Å². The third-order valence-electron chi connectivity index (χ3n) is 2.68. The van der Waals surface area contributed by atoms with E-state index in [4.69, 9.17) is 4.74 Å². The summed E-state index contributed by atoms with van der Waals surface area (Å²) in [5.74, 6) is 1.63. The quantitative estimate of drug-likeness (QED) is 0.787. The summed E-state index contributed by atoms with van der Waals surface area (Å²) in [7, 11) is 1.69. The van der Waals surface area contributed by atoms with Crippen LogP contribution in [-0.4, -0.2) is 23.8 Å². The van der Waals surface area contributed by atoms with Gasteiger partial charge in [0.15, 0.2) is 5.82 Å². The lowest BCUT2D eigenvalue weighted by molar-refractivity contribution is 0.405. The molecule has 0 saturated carbocycles. The van der Waals surface area contributed by atoms with Gasteiger partial charge in [-0.2, -0.15) is 4.98 Å². The molecule has 0 saturated heterocycles. The van der Waals surface area contributed by atoms with Crippen LogP contribution in [0.1, 0.15) is 17.0 Å². The van der Waals surface area contributed by atoms with E-state index in [2.05, 4.69) is 33.0 Å². The first-order valence-corrected chi connectivity index (χ1v) is 5.89. The molecule has 1 aromatic heterocycles. The predicted molar refractivity (Wildman–Crippen MR) is 67.4 cm³/mol. The van der Waals surface area contributed by atoms with E-state index >= 15 is 0 Å². The van der Waals surface area contributed by atoms with Gasteiger partial charge < -0.3 is 14.6 Å². The maximum Gasteiger partial charge on any atom is 0.213 e. The van der Waals surface area contributed by atoms with Gasteiger partial charge in [0.1, 0.15) is 5.75 Å². The summed E-state index contributed by atoms with van der Waals surface area (Å²) in [6.45, 7) is 3.64. The van der Waals surface area contributed by atoms with Gasteiger partial charge >= 0.3 is 0 Å². The van der Waals surface area contributed by atoms with Crippen LogP contribution in [-0.2, 0) is 13.0 Å². The summed E-state index contributed by atoms with van der Waals surface area (Å²) in [6, 6.07) is 6.16. The third-order valence-corrected chi connectivity index (χ3v) is 2.68. The lowest BCUT2D eigenvalue weighted by Gasteiger charge is -2.10. The molecule has 5 nitrogen and oxygen atoms in total. The molecular weight excluding hydrogens is 230 g/mol. The van der Waals surface area contributed by atoms with Crippen LogP contribution in [0, 0.1) is 6.92 Å². The Bertz CT molecular complexity index is 483. The van der Waals surface area contributed by atoms with E-state index in [0.29, 0.717) is 0 Å². The topological polar surface area (TPSA) is 60.2 Å². The van der Waals surface area contributed by atoms with Gasteiger partial charge in [0, 0.05) is 25.1 Å². The molecule has 1 heterocycles. The normalized spacial score (nSPS) is 10.6. The van der Waals surface area contributed by atoms with E-state index in [1.165, 1.54) is 12.0 Å². The molecule has 2 aromatic rings. The number of ether oxygens (including phenoxy) is 1. The van der Waals surface area contributed by atoms with E-state index in [9.17, 15) is 0 Å². The van der Waals surface area contributed by atoms with Crippen molar-refractivity contribution in [3.63, 3.8) is 0 Å². The van der Waals surface area contributed by atoms with Crippen molar-refractivity contribution in [1.82, 2.24) is 15.5 Å². The summed E-state index contributed by atoms with van der Waals surface area (Å²) >= 11 is 0. The largest absolute Gasteiger partial charge is 0.496 e. The van der Waals surface area contributed by atoms with Crippen LogP contribution in [0.2, 0.25) is 0 Å². The zero-order valence-electron chi connectivity index (χ0n) is 10.6. The Balaban J connectivity index is 1.84. The second kappa shape index (κ2) is 6.16. The minimum atomic E-state index is 0.721. The van der Waals surface area contributed by atoms with Crippen molar-refractivity contribution >= 4 is 0 Å². The standard InChI is InChI=1S/C13H17N3O2/c1-10-3-4-12(17-2)11(7-10)8-14-6-5-13-15-9-18-16-13/h3-4,7,9,14H,5-6,8H2,1-2H3. The molecule has 0 aliphatic rings. The van der Waals surface area contributed by atoms with Crippen LogP contribution in [0.4, 0.5) is 0 Å². The second-order valence-corrected chi connectivity index (χ2v) is 4.09. The van der Waals surface area contributed by atoms with Crippen LogP contribution >= 0.6 is 0 Å². The lowest BCUT2D eigenvalue weighted by Crippen LogP contribution is -2.17. The number of benzene rings is 1. The van der Waals surface area contributed by atoms with Crippen molar-refractivity contribution in [1.29, 1.82) is 0 Å². The van der Waals surface area contributed by atoms with E-state index in [0.717, 1.165) is 36.6 Å². The number of aromatic nitrogens is 2. The fraction of sp³-hybridized carbons (Fsp3) is 0.385. The van der Waals surface area contributed by atoms with Gasteiger partial charge in [-0.15, -0.1) is 0 Å². The Hall–Kier alpha value is -1.88. The van der Waals surface area contributed by atoms with Gasteiger partial charge in [0.05, 0.1) is 7.11 Å². The molecule has 0 spiro atoms. The highest BCUT2D eigenvalue weighted by molar-refractivity contribution is 5.36. The molecule has 0 aliphatic heterocycles. The third kappa shape index (κ3) is 3.30. The Labute approximate surface area is 106 Å². The molecule has 0 atom stereocenters. The first kappa shape index (κ1) is 12.6. The Morgan fingerprint density at radius 3 is 3.00 bits per heavy atom. The van der Waals surface area contributed by atoms with Crippen molar-refractivity contribution in [3.8, 4) is 5.75 Å². The first-order chi connectivity index (χ1) is 8.79. The van der Waals surface area contributed by atoms with Crippen LogP contribution in [0.15, 0.2) is 29.1 Å². The number of hydrogen-bond acceptors (Lipinski definition) is 5. The van der Waals surface area contributed by atoms with Crippen molar-refractivity contribution in [3.05, 3.63) is 41.5 Å². The average molecular weight is 247 g/mol. The number of hydrogen-bond donors (Lipinski definition) is 1. The van der Waals surface area contributed by atoms with Gasteiger partial charge in [-0.1, -0.05) is 22.9 Å². The molecule has 96 valence electrons. The van der Waals surface area contributed by atoms with Crippen LogP contribution in [0.25, 0.3) is 0 Å². The average Bonchev–Trinajstić information content (AvgIpc) is 2.88. The van der Waals surface area contributed by atoms with E-state index in [-0.39, 0.29) is 0 Å². The Kier molecular flexibility index (Phi) is 4.30. The number of nitrogens with one attached hydrogen (secondary N) is 1. The number of rotatable bonds is 6. The molecule has 0 fully saturated rings. The van der Waals surface area contributed by atoms with E-state index < -0.39 is 0 Å². The molecule has 5 heteroatoms. The molecule has 0 unspecified atom stereocenters. The van der Waals surface area contributed by atoms with Gasteiger partial charge in [0.25, 0.3) is 0 Å². The van der Waals surface area contributed by atoms with Gasteiger partial charge in [-0.3, -0.25) is 0 Å². The molecule has 18 heavy (non-hydrogen) atoms. The Morgan fingerprint density at radius 2 is 2.28 bits per heavy atom. The minimum Gasteiger partial charge on any atom is -0.496 e. The van der Waals surface area contributed by atoms with Crippen LogP contribution in [0.5, 0.6) is 5.75 Å². The summed E-state index contributed by atoms with van der Waals surface area (Å²) in [5.41, 5.74) is 2.39. The summed E-state index contributed by atoms with van der Waals surface area (Å²) in [4.78, 5) is 3.97. The molecule has 0 aliphatic carbocycles. The SMILES string of the molecule is COc1ccc(C)cc1CNCCc1ncon1. The van der Waals surface area contributed by atoms with Gasteiger partial charge in [0.2, 0.25) is 6.39 Å². The first-order valence-electron chi connectivity index (χ1n) is 5.89. The Morgan fingerprint density at radius 1 is 1.39 bits per heavy atom. The fourth-order valence-electron chi connectivity index (χ4n) is 1.77. The molecule has 1 N–H and O–H groups in total. The monoisotopic (exact) mass is 247 g/mol. The molecule has 0 amide bonds. The summed E-state index contributed by atoms with van der Waals surface area (Å²) in [6.07, 6.45) is 2.10. The number of nitrogens with zero attached hydrogens (tertiary/aromatic N) is 2. The van der Waals surface area contributed by atoms with E-state index in [1.54, 1.807) is 7.11 Å². The molecule has 1 aromatic carbocycles.